The van der Waals surface area contributed by atoms with E-state index in [1.165, 1.54) is 24.8 Å². The van der Waals surface area contributed by atoms with E-state index in [0.29, 0.717) is 32.0 Å². The van der Waals surface area contributed by atoms with Gasteiger partial charge in [0.05, 0.1) is 16.8 Å². The van der Waals surface area contributed by atoms with Crippen molar-refractivity contribution in [2.45, 2.75) is 57.9 Å². The Morgan fingerprint density at radius 1 is 1.05 bits per heavy atom. The number of carbonyl (C=O) groups excluding carboxylic acids is 2. The molecule has 1 atom stereocenters. The molecular formula is C30H35N3O4. The third kappa shape index (κ3) is 5.13. The lowest BCUT2D eigenvalue weighted by molar-refractivity contribution is -0.127. The summed E-state index contributed by atoms with van der Waals surface area (Å²) in [4.78, 5) is 39.1. The Kier molecular flexibility index (Phi) is 7.31. The number of fused-ring (bicyclic) bond motifs is 1. The molecule has 5 rings (SSSR count). The zero-order valence-electron chi connectivity index (χ0n) is 21.4. The highest BCUT2D eigenvalue weighted by atomic mass is 16.4. The third-order valence-corrected chi connectivity index (χ3v) is 7.98. The molecule has 3 aromatic rings. The standard InChI is InChI=1S/C30H35N3O4/c1-2-32-18-20(15-27(32)35)17-31-26(34)19-33-25-16-23(30(36)37)13-14-24(25)28(21-9-5-3-6-10-21)29(33)22-11-7-4-8-12-22/h4,7-8,11-14,16,20-21H,2-3,5-6,9-10,15,17-19H2,1H3,(H,31,34)(H,36,37). The number of carboxylic acids is 1. The summed E-state index contributed by atoms with van der Waals surface area (Å²) in [6, 6.07) is 15.4. The molecule has 1 saturated heterocycles. The van der Waals surface area contributed by atoms with Gasteiger partial charge >= 0.3 is 5.97 Å². The molecule has 0 spiro atoms. The number of aromatic nitrogens is 1. The summed E-state index contributed by atoms with van der Waals surface area (Å²) in [5.41, 5.74) is 4.26. The second kappa shape index (κ2) is 10.8. The second-order valence-electron chi connectivity index (χ2n) is 10.4. The van der Waals surface area contributed by atoms with E-state index in [1.54, 1.807) is 12.1 Å². The van der Waals surface area contributed by atoms with Crippen molar-refractivity contribution in [3.8, 4) is 11.3 Å². The zero-order valence-corrected chi connectivity index (χ0v) is 21.4. The van der Waals surface area contributed by atoms with E-state index in [-0.39, 0.29) is 29.8 Å². The van der Waals surface area contributed by atoms with E-state index in [2.05, 4.69) is 17.4 Å². The van der Waals surface area contributed by atoms with Crippen LogP contribution in [0.25, 0.3) is 22.2 Å². The lowest BCUT2D eigenvalue weighted by Gasteiger charge is -2.24. The fraction of sp³-hybridized carbons (Fsp3) is 0.433. The molecular weight excluding hydrogens is 466 g/mol. The van der Waals surface area contributed by atoms with Crippen molar-refractivity contribution in [1.29, 1.82) is 0 Å². The van der Waals surface area contributed by atoms with Crippen LogP contribution < -0.4 is 5.32 Å². The van der Waals surface area contributed by atoms with Gasteiger partial charge in [0, 0.05) is 37.4 Å². The molecule has 1 aromatic heterocycles. The molecule has 1 aliphatic heterocycles. The van der Waals surface area contributed by atoms with E-state index in [4.69, 9.17) is 0 Å². The fourth-order valence-electron chi connectivity index (χ4n) is 6.14. The average Bonchev–Trinajstić information content (AvgIpc) is 3.45. The molecule has 194 valence electrons. The number of nitrogens with zero attached hydrogens (tertiary/aromatic N) is 2. The van der Waals surface area contributed by atoms with Crippen LogP contribution in [0.5, 0.6) is 0 Å². The Balaban J connectivity index is 1.54. The van der Waals surface area contributed by atoms with Crippen LogP contribution in [-0.2, 0) is 16.1 Å². The monoisotopic (exact) mass is 501 g/mol. The minimum absolute atomic E-state index is 0.0919. The van der Waals surface area contributed by atoms with Crippen molar-refractivity contribution < 1.29 is 19.5 Å². The van der Waals surface area contributed by atoms with E-state index < -0.39 is 5.97 Å². The number of nitrogens with one attached hydrogen (secondary N) is 1. The predicted octanol–water partition coefficient (Wildman–Crippen LogP) is 5.04. The van der Waals surface area contributed by atoms with Gasteiger partial charge in [-0.15, -0.1) is 0 Å². The van der Waals surface area contributed by atoms with Gasteiger partial charge in [-0.05, 0) is 48.9 Å². The van der Waals surface area contributed by atoms with Gasteiger partial charge in [-0.3, -0.25) is 9.59 Å². The topological polar surface area (TPSA) is 91.6 Å². The molecule has 37 heavy (non-hydrogen) atoms. The Morgan fingerprint density at radius 2 is 1.81 bits per heavy atom. The van der Waals surface area contributed by atoms with E-state index in [9.17, 15) is 19.5 Å². The van der Waals surface area contributed by atoms with Gasteiger partial charge in [0.2, 0.25) is 11.8 Å². The van der Waals surface area contributed by atoms with Gasteiger partial charge < -0.3 is 19.9 Å². The zero-order chi connectivity index (χ0) is 25.9. The number of aromatic carboxylic acids is 1. The van der Waals surface area contributed by atoms with Gasteiger partial charge in [-0.25, -0.2) is 4.79 Å². The van der Waals surface area contributed by atoms with Crippen LogP contribution in [0.1, 0.15) is 67.3 Å². The summed E-state index contributed by atoms with van der Waals surface area (Å²) < 4.78 is 2.01. The highest BCUT2D eigenvalue weighted by Crippen LogP contribution is 2.44. The minimum atomic E-state index is -0.981. The van der Waals surface area contributed by atoms with Crippen molar-refractivity contribution in [2.24, 2.45) is 5.92 Å². The molecule has 1 unspecified atom stereocenters. The quantitative estimate of drug-likeness (QED) is 0.452. The van der Waals surface area contributed by atoms with Crippen molar-refractivity contribution in [3.63, 3.8) is 0 Å². The predicted molar refractivity (Wildman–Crippen MR) is 144 cm³/mol. The average molecular weight is 502 g/mol. The number of likely N-dealkylation sites (tertiary alicyclic amines) is 1. The van der Waals surface area contributed by atoms with Crippen molar-refractivity contribution in [3.05, 3.63) is 59.7 Å². The number of benzene rings is 2. The van der Waals surface area contributed by atoms with Crippen molar-refractivity contribution >= 4 is 28.7 Å². The van der Waals surface area contributed by atoms with Crippen LogP contribution in [0.4, 0.5) is 0 Å². The molecule has 2 N–H and O–H groups in total. The minimum Gasteiger partial charge on any atom is -0.478 e. The van der Waals surface area contributed by atoms with Crippen LogP contribution >= 0.6 is 0 Å². The van der Waals surface area contributed by atoms with E-state index >= 15 is 0 Å². The molecule has 2 heterocycles. The summed E-state index contributed by atoms with van der Waals surface area (Å²) in [6.07, 6.45) is 6.23. The van der Waals surface area contributed by atoms with Crippen LogP contribution in [0, 0.1) is 5.92 Å². The lowest BCUT2D eigenvalue weighted by atomic mass is 9.82. The maximum absolute atomic E-state index is 13.3. The molecule has 1 aliphatic carbocycles. The number of hydrogen-bond donors (Lipinski definition) is 2. The number of carboxylic acid groups (broad SMARTS) is 1. The van der Waals surface area contributed by atoms with E-state index in [0.717, 1.165) is 35.0 Å². The van der Waals surface area contributed by atoms with Crippen LogP contribution in [0.15, 0.2) is 48.5 Å². The molecule has 0 bridgehead atoms. The Bertz CT molecular complexity index is 1310. The molecule has 2 aliphatic rings. The van der Waals surface area contributed by atoms with Crippen LogP contribution in [0.3, 0.4) is 0 Å². The highest BCUT2D eigenvalue weighted by molar-refractivity contribution is 5.99. The second-order valence-corrected chi connectivity index (χ2v) is 10.4. The summed E-state index contributed by atoms with van der Waals surface area (Å²) in [6.45, 7) is 3.88. The first-order valence-electron chi connectivity index (χ1n) is 13.5. The molecule has 7 nitrogen and oxygen atoms in total. The Morgan fingerprint density at radius 3 is 2.49 bits per heavy atom. The van der Waals surface area contributed by atoms with Gasteiger partial charge in [-0.1, -0.05) is 55.7 Å². The lowest BCUT2D eigenvalue weighted by Crippen LogP contribution is -2.33. The maximum atomic E-state index is 13.3. The van der Waals surface area contributed by atoms with Gasteiger partial charge in [0.1, 0.15) is 6.54 Å². The number of hydrogen-bond acceptors (Lipinski definition) is 3. The summed E-state index contributed by atoms with van der Waals surface area (Å²) in [7, 11) is 0. The molecule has 2 amide bonds. The highest BCUT2D eigenvalue weighted by Gasteiger charge is 2.30. The number of rotatable bonds is 8. The molecule has 0 radical (unpaired) electrons. The normalized spacial score (nSPS) is 18.5. The van der Waals surface area contributed by atoms with Crippen LogP contribution in [0.2, 0.25) is 0 Å². The van der Waals surface area contributed by atoms with Crippen molar-refractivity contribution in [2.75, 3.05) is 19.6 Å². The first kappa shape index (κ1) is 25.1. The van der Waals surface area contributed by atoms with E-state index in [1.807, 2.05) is 40.7 Å². The third-order valence-electron chi connectivity index (χ3n) is 7.98. The van der Waals surface area contributed by atoms with Gasteiger partial charge in [0.15, 0.2) is 0 Å². The van der Waals surface area contributed by atoms with Crippen LogP contribution in [-0.4, -0.2) is 52.0 Å². The molecule has 2 aromatic carbocycles. The first-order chi connectivity index (χ1) is 18.0. The van der Waals surface area contributed by atoms with Gasteiger partial charge in [0.25, 0.3) is 0 Å². The largest absolute Gasteiger partial charge is 0.478 e. The number of amides is 2. The SMILES string of the molecule is CCN1CC(CNC(=O)Cn2c(-c3ccccc3)c(C3CCCCC3)c3ccc(C(=O)O)cc32)CC1=O. The summed E-state index contributed by atoms with van der Waals surface area (Å²) >= 11 is 0. The maximum Gasteiger partial charge on any atom is 0.335 e. The first-order valence-corrected chi connectivity index (χ1v) is 13.5. The summed E-state index contributed by atoms with van der Waals surface area (Å²) in [5.74, 6) is -0.486. The molecule has 7 heteroatoms. The Hall–Kier alpha value is -3.61. The molecule has 2 fully saturated rings. The smallest absolute Gasteiger partial charge is 0.335 e. The van der Waals surface area contributed by atoms with Crippen molar-refractivity contribution in [1.82, 2.24) is 14.8 Å². The fourth-order valence-corrected chi connectivity index (χ4v) is 6.14. The Labute approximate surface area is 217 Å². The summed E-state index contributed by atoms with van der Waals surface area (Å²) in [5, 5.41) is 13.8. The number of carbonyl (C=O) groups is 3. The van der Waals surface area contributed by atoms with Gasteiger partial charge in [-0.2, -0.15) is 0 Å². The molecule has 1 saturated carbocycles.